The van der Waals surface area contributed by atoms with Crippen LogP contribution in [0.4, 0.5) is 0 Å². The first kappa shape index (κ1) is 14.7. The Bertz CT molecular complexity index is 210. The van der Waals surface area contributed by atoms with E-state index in [1.807, 2.05) is 0 Å². The molecule has 0 unspecified atom stereocenters. The van der Waals surface area contributed by atoms with Crippen LogP contribution >= 0.6 is 15.9 Å². The summed E-state index contributed by atoms with van der Waals surface area (Å²) in [4.78, 5) is 0. The van der Waals surface area contributed by atoms with E-state index >= 15 is 0 Å². The van der Waals surface area contributed by atoms with Crippen LogP contribution in [-0.2, 0) is 4.74 Å². The summed E-state index contributed by atoms with van der Waals surface area (Å²) in [7, 11) is -1.11. The van der Waals surface area contributed by atoms with Crippen LogP contribution in [0.2, 0.25) is 19.6 Å². The Labute approximate surface area is 110 Å². The first-order chi connectivity index (χ1) is 7.34. The van der Waals surface area contributed by atoms with Gasteiger partial charge < -0.3 is 4.74 Å². The lowest BCUT2D eigenvalue weighted by molar-refractivity contribution is -0.207. The van der Waals surface area contributed by atoms with Crippen LogP contribution in [0.1, 0.15) is 46.0 Å². The number of ether oxygens (including phenoxy) is 1. The average Bonchev–Trinajstić information content (AvgIpc) is 2.11. The summed E-state index contributed by atoms with van der Waals surface area (Å²) in [6.45, 7) is 11.8. The van der Waals surface area contributed by atoms with Gasteiger partial charge in [0.25, 0.3) is 0 Å². The van der Waals surface area contributed by atoms with Crippen molar-refractivity contribution in [3.8, 4) is 0 Å². The van der Waals surface area contributed by atoms with Gasteiger partial charge in [-0.05, 0) is 12.8 Å². The van der Waals surface area contributed by atoms with Gasteiger partial charge >= 0.3 is 0 Å². The first-order valence-corrected chi connectivity index (χ1v) is 11.2. The van der Waals surface area contributed by atoms with Gasteiger partial charge in [0, 0.05) is 10.9 Å². The molecule has 0 aliphatic carbocycles. The molecule has 1 heterocycles. The first-order valence-electron chi connectivity index (χ1n) is 6.66. The zero-order valence-electron chi connectivity index (χ0n) is 11.5. The summed E-state index contributed by atoms with van der Waals surface area (Å²) in [5.41, 5.74) is 0.236. The van der Waals surface area contributed by atoms with Crippen molar-refractivity contribution in [2.45, 2.75) is 81.7 Å². The topological polar surface area (TPSA) is 9.23 Å². The van der Waals surface area contributed by atoms with E-state index in [2.05, 4.69) is 49.4 Å². The molecule has 16 heavy (non-hydrogen) atoms. The lowest BCUT2D eigenvalue weighted by Gasteiger charge is -2.52. The highest BCUT2D eigenvalue weighted by molar-refractivity contribution is 9.10. The Kier molecular flexibility index (Phi) is 5.09. The maximum Gasteiger partial charge on any atom is 0.0711 e. The van der Waals surface area contributed by atoms with Gasteiger partial charge in [-0.15, -0.1) is 0 Å². The normalized spacial score (nSPS) is 26.2. The molecule has 0 N–H and O–H groups in total. The summed E-state index contributed by atoms with van der Waals surface area (Å²) in [5.74, 6) is 0. The van der Waals surface area contributed by atoms with Crippen molar-refractivity contribution < 1.29 is 4.74 Å². The lowest BCUT2D eigenvalue weighted by atomic mass is 9.82. The van der Waals surface area contributed by atoms with Crippen LogP contribution in [0.5, 0.6) is 0 Å². The van der Waals surface area contributed by atoms with E-state index < -0.39 is 8.07 Å². The smallest absolute Gasteiger partial charge is 0.0711 e. The minimum absolute atomic E-state index is 0.236. The number of alkyl halides is 1. The summed E-state index contributed by atoms with van der Waals surface area (Å²) >= 11 is 3.87. The molecule has 1 fully saturated rings. The zero-order chi connectivity index (χ0) is 12.4. The number of halogens is 1. The van der Waals surface area contributed by atoms with Gasteiger partial charge in [0.1, 0.15) is 0 Å². The van der Waals surface area contributed by atoms with Crippen molar-refractivity contribution in [1.29, 1.82) is 0 Å². The molecule has 1 saturated heterocycles. The number of rotatable bonds is 6. The second-order valence-corrected chi connectivity index (χ2v) is 13.5. The predicted molar refractivity (Wildman–Crippen MR) is 78.1 cm³/mol. The average molecular weight is 307 g/mol. The highest BCUT2D eigenvalue weighted by atomic mass is 79.9. The quantitative estimate of drug-likeness (QED) is 0.508. The Morgan fingerprint density at radius 2 is 1.69 bits per heavy atom. The van der Waals surface area contributed by atoms with E-state index in [9.17, 15) is 0 Å². The molecular formula is C13H27BrOSi. The molecule has 1 nitrogen and oxygen atoms in total. The minimum atomic E-state index is -1.11. The SMILES string of the molecule is CCCC1(CCC)C[C@@H]([C@@H](Br)[Si](C)(C)C)O1. The molecule has 3 heteroatoms. The Hall–Kier alpha value is 0.657. The van der Waals surface area contributed by atoms with E-state index in [0.717, 1.165) is 0 Å². The molecule has 96 valence electrons. The molecule has 1 rings (SSSR count). The fraction of sp³-hybridized carbons (Fsp3) is 1.00. The van der Waals surface area contributed by atoms with Gasteiger partial charge in [-0.3, -0.25) is 0 Å². The van der Waals surface area contributed by atoms with E-state index in [1.54, 1.807) is 0 Å². The summed E-state index contributed by atoms with van der Waals surface area (Å²) in [5, 5.41) is 0. The van der Waals surface area contributed by atoms with Crippen molar-refractivity contribution in [3.63, 3.8) is 0 Å². The van der Waals surface area contributed by atoms with Gasteiger partial charge in [0.15, 0.2) is 0 Å². The molecule has 0 aromatic rings. The highest BCUT2D eigenvalue weighted by Crippen LogP contribution is 2.44. The third kappa shape index (κ3) is 3.33. The van der Waals surface area contributed by atoms with Gasteiger partial charge in [0.05, 0.1) is 19.8 Å². The van der Waals surface area contributed by atoms with Crippen LogP contribution < -0.4 is 0 Å². The Morgan fingerprint density at radius 3 is 2.00 bits per heavy atom. The van der Waals surface area contributed by atoms with Crippen LogP contribution in [0.3, 0.4) is 0 Å². The standard InChI is InChI=1S/C13H27BrOSi/c1-6-8-13(9-7-2)10-11(15-13)12(14)16(3,4)5/h11-12H,6-10H2,1-5H3/t11-,12-/m0/s1. The number of hydrogen-bond donors (Lipinski definition) is 0. The molecule has 0 aromatic carbocycles. The fourth-order valence-electron chi connectivity index (χ4n) is 2.76. The van der Waals surface area contributed by atoms with Crippen molar-refractivity contribution >= 4 is 24.0 Å². The van der Waals surface area contributed by atoms with Gasteiger partial charge in [-0.25, -0.2) is 0 Å². The minimum Gasteiger partial charge on any atom is -0.371 e. The molecule has 0 radical (unpaired) electrons. The van der Waals surface area contributed by atoms with E-state index in [1.165, 1.54) is 32.1 Å². The van der Waals surface area contributed by atoms with Crippen LogP contribution in [0.15, 0.2) is 0 Å². The summed E-state index contributed by atoms with van der Waals surface area (Å²) in [6.07, 6.45) is 6.71. The predicted octanol–water partition coefficient (Wildman–Crippen LogP) is 4.76. The molecular weight excluding hydrogens is 280 g/mol. The molecule has 0 amide bonds. The van der Waals surface area contributed by atoms with Crippen molar-refractivity contribution in [3.05, 3.63) is 0 Å². The Morgan fingerprint density at radius 1 is 1.25 bits per heavy atom. The van der Waals surface area contributed by atoms with E-state index in [4.69, 9.17) is 4.74 Å². The fourth-order valence-corrected chi connectivity index (χ4v) is 4.35. The monoisotopic (exact) mass is 306 g/mol. The van der Waals surface area contributed by atoms with Crippen LogP contribution in [0.25, 0.3) is 0 Å². The molecule has 0 saturated carbocycles. The number of hydrogen-bond acceptors (Lipinski definition) is 1. The van der Waals surface area contributed by atoms with Gasteiger partial charge in [-0.1, -0.05) is 62.3 Å². The van der Waals surface area contributed by atoms with E-state index in [0.29, 0.717) is 10.6 Å². The zero-order valence-corrected chi connectivity index (χ0v) is 14.1. The molecule has 1 aliphatic rings. The largest absolute Gasteiger partial charge is 0.371 e. The van der Waals surface area contributed by atoms with Gasteiger partial charge in [0.2, 0.25) is 0 Å². The molecule has 2 atom stereocenters. The lowest BCUT2D eigenvalue weighted by Crippen LogP contribution is -2.58. The maximum atomic E-state index is 6.28. The van der Waals surface area contributed by atoms with Crippen LogP contribution in [0, 0.1) is 0 Å². The molecule has 0 bridgehead atoms. The Balaban J connectivity index is 2.50. The molecule has 0 aromatic heterocycles. The van der Waals surface area contributed by atoms with E-state index in [-0.39, 0.29) is 5.60 Å². The highest BCUT2D eigenvalue weighted by Gasteiger charge is 2.49. The van der Waals surface area contributed by atoms with Gasteiger partial charge in [-0.2, -0.15) is 0 Å². The third-order valence-electron chi connectivity index (χ3n) is 3.54. The third-order valence-corrected chi connectivity index (χ3v) is 10.3. The molecule has 0 spiro atoms. The second-order valence-electron chi connectivity index (χ2n) is 6.31. The van der Waals surface area contributed by atoms with Crippen molar-refractivity contribution in [2.24, 2.45) is 0 Å². The summed E-state index contributed by atoms with van der Waals surface area (Å²) in [6, 6.07) is 0. The molecule has 1 aliphatic heterocycles. The maximum absolute atomic E-state index is 6.28. The second kappa shape index (κ2) is 5.53. The van der Waals surface area contributed by atoms with Crippen molar-refractivity contribution in [1.82, 2.24) is 0 Å². The van der Waals surface area contributed by atoms with Crippen LogP contribution in [-0.4, -0.2) is 24.2 Å². The summed E-state index contributed by atoms with van der Waals surface area (Å²) < 4.78 is 6.90. The van der Waals surface area contributed by atoms with Crippen molar-refractivity contribution in [2.75, 3.05) is 0 Å².